The summed E-state index contributed by atoms with van der Waals surface area (Å²) in [6.07, 6.45) is -2.13. The molecule has 1 aliphatic rings. The van der Waals surface area contributed by atoms with Crippen LogP contribution in [0.15, 0.2) is 42.5 Å². The van der Waals surface area contributed by atoms with Crippen LogP contribution in [0.3, 0.4) is 0 Å². The number of anilines is 2. The average molecular weight is 419 g/mol. The van der Waals surface area contributed by atoms with Gasteiger partial charge in [0, 0.05) is 29.9 Å². The molecule has 1 aliphatic heterocycles. The van der Waals surface area contributed by atoms with Gasteiger partial charge in [0.2, 0.25) is 5.91 Å². The number of halogens is 3. The summed E-state index contributed by atoms with van der Waals surface area (Å²) < 4.78 is 39.7. The molecule has 3 rings (SSSR count). The third kappa shape index (κ3) is 5.82. The van der Waals surface area contributed by atoms with Crippen LogP contribution in [0.5, 0.6) is 0 Å². The molecule has 0 bridgehead atoms. The number of alkyl halides is 3. The van der Waals surface area contributed by atoms with Gasteiger partial charge in [0.15, 0.2) is 0 Å². The molecule has 1 saturated heterocycles. The van der Waals surface area contributed by atoms with Crippen molar-refractivity contribution in [3.8, 4) is 0 Å². The first-order valence-corrected chi connectivity index (χ1v) is 9.89. The zero-order valence-electron chi connectivity index (χ0n) is 16.7. The number of rotatable bonds is 6. The van der Waals surface area contributed by atoms with Gasteiger partial charge in [-0.1, -0.05) is 19.1 Å². The van der Waals surface area contributed by atoms with Crippen LogP contribution in [0.1, 0.15) is 47.7 Å². The van der Waals surface area contributed by atoms with Gasteiger partial charge < -0.3 is 10.6 Å². The summed E-state index contributed by atoms with van der Waals surface area (Å²) in [5.41, 5.74) is 0.350. The number of benzene rings is 2. The molecule has 1 fully saturated rings. The van der Waals surface area contributed by atoms with E-state index in [1.807, 2.05) is 12.1 Å². The molecule has 2 aromatic carbocycles. The largest absolute Gasteiger partial charge is 0.416 e. The van der Waals surface area contributed by atoms with E-state index in [-0.39, 0.29) is 17.7 Å². The molecule has 2 amide bonds. The SMILES string of the molecule is CCC(=O)Nc1cc(C(=O)Nc2ccc(CN3CCCC3)cc2)cc(C(F)(F)F)c1. The van der Waals surface area contributed by atoms with Crippen molar-refractivity contribution in [1.29, 1.82) is 0 Å². The summed E-state index contributed by atoms with van der Waals surface area (Å²) in [6, 6.07) is 10.1. The van der Waals surface area contributed by atoms with E-state index in [1.54, 1.807) is 19.1 Å². The number of hydrogen-bond donors (Lipinski definition) is 2. The van der Waals surface area contributed by atoms with Crippen LogP contribution in [0.4, 0.5) is 24.5 Å². The van der Waals surface area contributed by atoms with E-state index in [1.165, 1.54) is 18.9 Å². The second-order valence-electron chi connectivity index (χ2n) is 7.33. The molecular formula is C22H24F3N3O2. The number of nitrogens with zero attached hydrogens (tertiary/aromatic N) is 1. The highest BCUT2D eigenvalue weighted by Crippen LogP contribution is 2.32. The van der Waals surface area contributed by atoms with Crippen LogP contribution in [-0.2, 0) is 17.5 Å². The zero-order valence-corrected chi connectivity index (χ0v) is 16.7. The Bertz CT molecular complexity index is 905. The fourth-order valence-electron chi connectivity index (χ4n) is 3.34. The van der Waals surface area contributed by atoms with Crippen LogP contribution < -0.4 is 10.6 Å². The van der Waals surface area contributed by atoms with Crippen LogP contribution in [-0.4, -0.2) is 29.8 Å². The minimum absolute atomic E-state index is 0.0669. The van der Waals surface area contributed by atoms with Gasteiger partial charge in [0.05, 0.1) is 5.56 Å². The number of carbonyl (C=O) groups is 2. The van der Waals surface area contributed by atoms with Gasteiger partial charge in [-0.2, -0.15) is 13.2 Å². The molecule has 0 unspecified atom stereocenters. The smallest absolute Gasteiger partial charge is 0.326 e. The molecule has 0 radical (unpaired) electrons. The lowest BCUT2D eigenvalue weighted by atomic mass is 10.1. The molecule has 160 valence electrons. The Morgan fingerprint density at radius 2 is 1.63 bits per heavy atom. The summed E-state index contributed by atoms with van der Waals surface area (Å²) in [4.78, 5) is 26.5. The van der Waals surface area contributed by atoms with Gasteiger partial charge in [-0.25, -0.2) is 0 Å². The first-order chi connectivity index (χ1) is 14.2. The highest BCUT2D eigenvalue weighted by atomic mass is 19.4. The van der Waals surface area contributed by atoms with Crippen LogP contribution in [0.25, 0.3) is 0 Å². The Morgan fingerprint density at radius 3 is 2.23 bits per heavy atom. The average Bonchev–Trinajstić information content (AvgIpc) is 3.21. The fraction of sp³-hybridized carbons (Fsp3) is 0.364. The van der Waals surface area contributed by atoms with Crippen molar-refractivity contribution in [3.63, 3.8) is 0 Å². The van der Waals surface area contributed by atoms with Crippen LogP contribution >= 0.6 is 0 Å². The molecule has 0 atom stereocenters. The number of amides is 2. The molecule has 2 aromatic rings. The van der Waals surface area contributed by atoms with Crippen molar-refractivity contribution in [2.75, 3.05) is 23.7 Å². The van der Waals surface area contributed by atoms with Gasteiger partial charge in [-0.15, -0.1) is 0 Å². The van der Waals surface area contributed by atoms with Crippen molar-refractivity contribution in [1.82, 2.24) is 4.90 Å². The standard InChI is InChI=1S/C22H24F3N3O2/c1-2-20(29)26-19-12-16(11-17(13-19)22(23,24)25)21(30)27-18-7-5-15(6-8-18)14-28-9-3-4-10-28/h5-8,11-13H,2-4,9-10,14H2,1H3,(H,26,29)(H,27,30). The highest BCUT2D eigenvalue weighted by molar-refractivity contribution is 6.05. The van der Waals surface area contributed by atoms with Crippen molar-refractivity contribution in [2.45, 2.75) is 38.9 Å². The van der Waals surface area contributed by atoms with E-state index >= 15 is 0 Å². The molecule has 8 heteroatoms. The fourth-order valence-corrected chi connectivity index (χ4v) is 3.34. The predicted octanol–water partition coefficient (Wildman–Crippen LogP) is 4.90. The Hall–Kier alpha value is -2.87. The molecule has 2 N–H and O–H groups in total. The lowest BCUT2D eigenvalue weighted by Gasteiger charge is -2.15. The van der Waals surface area contributed by atoms with Crippen molar-refractivity contribution in [3.05, 3.63) is 59.2 Å². The molecule has 0 aliphatic carbocycles. The molecule has 0 saturated carbocycles. The lowest BCUT2D eigenvalue weighted by molar-refractivity contribution is -0.137. The van der Waals surface area contributed by atoms with E-state index in [2.05, 4.69) is 15.5 Å². The van der Waals surface area contributed by atoms with E-state index in [4.69, 9.17) is 0 Å². The van der Waals surface area contributed by atoms with E-state index in [0.29, 0.717) is 5.69 Å². The quantitative estimate of drug-likeness (QED) is 0.700. The van der Waals surface area contributed by atoms with E-state index in [9.17, 15) is 22.8 Å². The molecule has 0 spiro atoms. The second kappa shape index (κ2) is 9.30. The Balaban J connectivity index is 1.74. The Labute approximate surface area is 173 Å². The summed E-state index contributed by atoms with van der Waals surface area (Å²) in [5, 5.41) is 5.00. The third-order valence-electron chi connectivity index (χ3n) is 4.94. The molecule has 30 heavy (non-hydrogen) atoms. The van der Waals surface area contributed by atoms with Crippen LogP contribution in [0.2, 0.25) is 0 Å². The second-order valence-corrected chi connectivity index (χ2v) is 7.33. The van der Waals surface area contributed by atoms with Gasteiger partial charge in [0.25, 0.3) is 5.91 Å². The minimum atomic E-state index is -4.64. The lowest BCUT2D eigenvalue weighted by Crippen LogP contribution is -2.18. The highest BCUT2D eigenvalue weighted by Gasteiger charge is 2.32. The maximum atomic E-state index is 13.2. The maximum Gasteiger partial charge on any atom is 0.416 e. The molecule has 1 heterocycles. The van der Waals surface area contributed by atoms with Crippen molar-refractivity contribution >= 4 is 23.2 Å². The summed E-state index contributed by atoms with van der Waals surface area (Å²) in [6.45, 7) is 4.57. The minimum Gasteiger partial charge on any atom is -0.326 e. The van der Waals surface area contributed by atoms with Gasteiger partial charge in [0.1, 0.15) is 0 Å². The summed E-state index contributed by atoms with van der Waals surface area (Å²) >= 11 is 0. The number of nitrogens with one attached hydrogen (secondary N) is 2. The third-order valence-corrected chi connectivity index (χ3v) is 4.94. The zero-order chi connectivity index (χ0) is 21.7. The van der Waals surface area contributed by atoms with Gasteiger partial charge in [-0.05, 0) is 61.8 Å². The van der Waals surface area contributed by atoms with Crippen molar-refractivity contribution in [2.24, 2.45) is 0 Å². The van der Waals surface area contributed by atoms with E-state index < -0.39 is 23.6 Å². The first-order valence-electron chi connectivity index (χ1n) is 9.89. The number of carbonyl (C=O) groups excluding carboxylic acids is 2. The molecule has 0 aromatic heterocycles. The van der Waals surface area contributed by atoms with Gasteiger partial charge in [-0.3, -0.25) is 14.5 Å². The predicted molar refractivity (Wildman–Crippen MR) is 109 cm³/mol. The van der Waals surface area contributed by atoms with E-state index in [0.717, 1.165) is 37.3 Å². The first kappa shape index (κ1) is 21.8. The normalized spacial score (nSPS) is 14.5. The van der Waals surface area contributed by atoms with Crippen LogP contribution in [0, 0.1) is 0 Å². The molecule has 5 nitrogen and oxygen atoms in total. The Kier molecular flexibility index (Phi) is 6.77. The molecular weight excluding hydrogens is 395 g/mol. The number of likely N-dealkylation sites (tertiary alicyclic amines) is 1. The summed E-state index contributed by atoms with van der Waals surface area (Å²) in [5.74, 6) is -1.12. The van der Waals surface area contributed by atoms with Crippen molar-refractivity contribution < 1.29 is 22.8 Å². The topological polar surface area (TPSA) is 61.4 Å². The maximum absolute atomic E-state index is 13.2. The monoisotopic (exact) mass is 419 g/mol. The van der Waals surface area contributed by atoms with Gasteiger partial charge >= 0.3 is 6.18 Å². The summed E-state index contributed by atoms with van der Waals surface area (Å²) in [7, 11) is 0. The Morgan fingerprint density at radius 1 is 0.967 bits per heavy atom. The number of hydrogen-bond acceptors (Lipinski definition) is 3.